The number of benzene rings is 1. The molecule has 0 spiro atoms. The smallest absolute Gasteiger partial charge is 0.277 e. The van der Waals surface area contributed by atoms with Gasteiger partial charge in [0.15, 0.2) is 5.69 Å². The van der Waals surface area contributed by atoms with E-state index in [1.807, 2.05) is 0 Å². The maximum Gasteiger partial charge on any atom is 0.277 e. The van der Waals surface area contributed by atoms with E-state index in [1.54, 1.807) is 24.3 Å². The van der Waals surface area contributed by atoms with E-state index in [4.69, 9.17) is 22.1 Å². The van der Waals surface area contributed by atoms with Crippen molar-refractivity contribution in [2.24, 2.45) is 0 Å². The molecule has 5 nitrogen and oxygen atoms in total. The van der Waals surface area contributed by atoms with Gasteiger partial charge in [0.05, 0.1) is 6.33 Å². The second-order valence-corrected chi connectivity index (χ2v) is 3.45. The van der Waals surface area contributed by atoms with Gasteiger partial charge >= 0.3 is 0 Å². The molecule has 1 aromatic carbocycles. The first-order chi connectivity index (χ1) is 7.66. The van der Waals surface area contributed by atoms with Crippen LogP contribution >= 0.6 is 11.6 Å². The number of rotatable bonds is 2. The fourth-order valence-electron chi connectivity index (χ4n) is 1.12. The van der Waals surface area contributed by atoms with Crippen molar-refractivity contribution in [1.29, 1.82) is 0 Å². The number of nitrogens with zero attached hydrogens (tertiary/aromatic N) is 1. The van der Waals surface area contributed by atoms with Crippen LogP contribution in [0.5, 0.6) is 11.6 Å². The minimum Gasteiger partial charge on any atom is -0.437 e. The Kier molecular flexibility index (Phi) is 2.78. The third-order valence-electron chi connectivity index (χ3n) is 1.86. The maximum atomic E-state index is 11.2. The first kappa shape index (κ1) is 10.5. The van der Waals surface area contributed by atoms with Crippen LogP contribution in [-0.2, 0) is 0 Å². The van der Waals surface area contributed by atoms with Crippen LogP contribution in [0, 0.1) is 0 Å². The molecule has 0 amide bonds. The summed E-state index contributed by atoms with van der Waals surface area (Å²) in [6, 6.07) is 6.72. The molecule has 0 atom stereocenters. The van der Waals surface area contributed by atoms with Crippen molar-refractivity contribution in [3.05, 3.63) is 46.0 Å². The Morgan fingerprint density at radius 3 is 3.00 bits per heavy atom. The van der Waals surface area contributed by atoms with E-state index in [-0.39, 0.29) is 11.6 Å². The second-order valence-electron chi connectivity index (χ2n) is 3.01. The van der Waals surface area contributed by atoms with Crippen LogP contribution in [-0.4, -0.2) is 9.97 Å². The van der Waals surface area contributed by atoms with Gasteiger partial charge in [-0.25, -0.2) is 4.98 Å². The van der Waals surface area contributed by atoms with E-state index in [9.17, 15) is 4.79 Å². The lowest BCUT2D eigenvalue weighted by molar-refractivity contribution is 0.463. The quantitative estimate of drug-likeness (QED) is 0.835. The minimum atomic E-state index is -0.438. The van der Waals surface area contributed by atoms with Gasteiger partial charge in [-0.1, -0.05) is 17.7 Å². The normalized spacial score (nSPS) is 10.1. The number of ether oxygens (including phenoxy) is 1. The average molecular weight is 238 g/mol. The van der Waals surface area contributed by atoms with Crippen LogP contribution in [0.15, 0.2) is 35.4 Å². The average Bonchev–Trinajstić information content (AvgIpc) is 2.25. The molecule has 82 valence electrons. The van der Waals surface area contributed by atoms with E-state index < -0.39 is 5.56 Å². The number of nitrogens with two attached hydrogens (primary N) is 1. The number of aromatic nitrogens is 2. The SMILES string of the molecule is Nc1c(Oc2cccc(Cl)c2)nc[nH]c1=O. The molecule has 0 aliphatic rings. The van der Waals surface area contributed by atoms with E-state index in [0.717, 1.165) is 0 Å². The van der Waals surface area contributed by atoms with Crippen LogP contribution in [0.25, 0.3) is 0 Å². The summed E-state index contributed by atoms with van der Waals surface area (Å²) in [7, 11) is 0. The van der Waals surface area contributed by atoms with Gasteiger partial charge < -0.3 is 15.5 Å². The zero-order valence-electron chi connectivity index (χ0n) is 8.11. The van der Waals surface area contributed by atoms with Crippen LogP contribution in [0.1, 0.15) is 0 Å². The maximum absolute atomic E-state index is 11.2. The summed E-state index contributed by atoms with van der Waals surface area (Å²) in [5.74, 6) is 0.531. The largest absolute Gasteiger partial charge is 0.437 e. The van der Waals surface area contributed by atoms with Gasteiger partial charge in [0.25, 0.3) is 5.56 Å². The van der Waals surface area contributed by atoms with Crippen molar-refractivity contribution in [2.75, 3.05) is 5.73 Å². The van der Waals surface area contributed by atoms with Gasteiger partial charge in [-0.3, -0.25) is 4.79 Å². The fourth-order valence-corrected chi connectivity index (χ4v) is 1.30. The zero-order valence-corrected chi connectivity index (χ0v) is 8.86. The highest BCUT2D eigenvalue weighted by molar-refractivity contribution is 6.30. The molecule has 0 fully saturated rings. The summed E-state index contributed by atoms with van der Waals surface area (Å²) < 4.78 is 5.33. The molecule has 6 heteroatoms. The molecule has 1 heterocycles. The molecule has 0 saturated heterocycles. The van der Waals surface area contributed by atoms with Crippen molar-refractivity contribution in [3.8, 4) is 11.6 Å². The summed E-state index contributed by atoms with van der Waals surface area (Å²) in [4.78, 5) is 17.3. The predicted octanol–water partition coefficient (Wildman–Crippen LogP) is 1.80. The minimum absolute atomic E-state index is 0.0611. The van der Waals surface area contributed by atoms with Crippen LogP contribution in [0.3, 0.4) is 0 Å². The van der Waals surface area contributed by atoms with Crippen LogP contribution in [0.4, 0.5) is 5.69 Å². The molecule has 3 N–H and O–H groups in total. The summed E-state index contributed by atoms with van der Waals surface area (Å²) in [6.07, 6.45) is 1.22. The van der Waals surface area contributed by atoms with E-state index in [1.165, 1.54) is 6.33 Å². The second kappa shape index (κ2) is 4.24. The molecule has 1 aromatic heterocycles. The molecule has 0 unspecified atom stereocenters. The third-order valence-corrected chi connectivity index (χ3v) is 2.10. The number of nitrogens with one attached hydrogen (secondary N) is 1. The van der Waals surface area contributed by atoms with E-state index in [2.05, 4.69) is 9.97 Å². The highest BCUT2D eigenvalue weighted by atomic mass is 35.5. The fraction of sp³-hybridized carbons (Fsp3) is 0. The lowest BCUT2D eigenvalue weighted by Gasteiger charge is -2.05. The molecular weight excluding hydrogens is 230 g/mol. The monoisotopic (exact) mass is 237 g/mol. The molecule has 2 aromatic rings. The number of anilines is 1. The number of hydrogen-bond acceptors (Lipinski definition) is 4. The van der Waals surface area contributed by atoms with Gasteiger partial charge in [0.1, 0.15) is 5.75 Å². The van der Waals surface area contributed by atoms with Crippen molar-refractivity contribution in [3.63, 3.8) is 0 Å². The number of H-pyrrole nitrogens is 1. The molecule has 2 rings (SSSR count). The Bertz CT molecular complexity index is 568. The molecule has 0 saturated carbocycles. The summed E-state index contributed by atoms with van der Waals surface area (Å²) in [6.45, 7) is 0. The topological polar surface area (TPSA) is 81.0 Å². The van der Waals surface area contributed by atoms with Crippen molar-refractivity contribution in [1.82, 2.24) is 9.97 Å². The number of halogens is 1. The van der Waals surface area contributed by atoms with Crippen molar-refractivity contribution in [2.45, 2.75) is 0 Å². The van der Waals surface area contributed by atoms with E-state index >= 15 is 0 Å². The van der Waals surface area contributed by atoms with Gasteiger partial charge in [0, 0.05) is 5.02 Å². The predicted molar refractivity (Wildman–Crippen MR) is 60.8 cm³/mol. The summed E-state index contributed by atoms with van der Waals surface area (Å²) in [5, 5.41) is 0.529. The zero-order chi connectivity index (χ0) is 11.5. The Morgan fingerprint density at radius 1 is 1.44 bits per heavy atom. The molecular formula is C10H8ClN3O2. The van der Waals surface area contributed by atoms with Crippen LogP contribution < -0.4 is 16.0 Å². The Labute approximate surface area is 95.8 Å². The molecule has 0 aliphatic heterocycles. The van der Waals surface area contributed by atoms with Gasteiger partial charge in [-0.05, 0) is 18.2 Å². The highest BCUT2D eigenvalue weighted by Gasteiger charge is 2.06. The Balaban J connectivity index is 2.34. The highest BCUT2D eigenvalue weighted by Crippen LogP contribution is 2.24. The number of hydrogen-bond donors (Lipinski definition) is 2. The Morgan fingerprint density at radius 2 is 2.25 bits per heavy atom. The van der Waals surface area contributed by atoms with Gasteiger partial charge in [-0.2, -0.15) is 0 Å². The van der Waals surface area contributed by atoms with Gasteiger partial charge in [0.2, 0.25) is 5.88 Å². The molecule has 0 bridgehead atoms. The van der Waals surface area contributed by atoms with Crippen molar-refractivity contribution < 1.29 is 4.74 Å². The van der Waals surface area contributed by atoms with E-state index in [0.29, 0.717) is 10.8 Å². The number of nitrogen functional groups attached to an aromatic ring is 1. The molecule has 0 aliphatic carbocycles. The standard InChI is InChI=1S/C10H8ClN3O2/c11-6-2-1-3-7(4-6)16-10-8(12)9(15)13-5-14-10/h1-5H,12H2,(H,13,14,15). The van der Waals surface area contributed by atoms with Crippen LogP contribution in [0.2, 0.25) is 5.02 Å². The third kappa shape index (κ3) is 2.14. The number of aromatic amines is 1. The van der Waals surface area contributed by atoms with Gasteiger partial charge in [-0.15, -0.1) is 0 Å². The summed E-state index contributed by atoms with van der Waals surface area (Å²) in [5.41, 5.74) is 5.00. The molecule has 16 heavy (non-hydrogen) atoms. The lowest BCUT2D eigenvalue weighted by atomic mass is 10.3. The van der Waals surface area contributed by atoms with Crippen molar-refractivity contribution >= 4 is 17.3 Å². The first-order valence-corrected chi connectivity index (χ1v) is 4.81. The first-order valence-electron chi connectivity index (χ1n) is 4.43. The summed E-state index contributed by atoms with van der Waals surface area (Å²) >= 11 is 5.78. The Hall–Kier alpha value is -2.01. The lowest BCUT2D eigenvalue weighted by Crippen LogP contribution is -2.13. The molecule has 0 radical (unpaired) electrons.